The maximum Gasteiger partial charge on any atom is 0.472 e. The fourth-order valence-electron chi connectivity index (χ4n) is 3.23. The van der Waals surface area contributed by atoms with Crippen LogP contribution in [0.5, 0.6) is 0 Å². The van der Waals surface area contributed by atoms with E-state index in [0.29, 0.717) is 6.04 Å². The van der Waals surface area contributed by atoms with Crippen molar-refractivity contribution in [3.63, 3.8) is 0 Å². The molecule has 0 bridgehead atoms. The van der Waals surface area contributed by atoms with Gasteiger partial charge in [-0.15, -0.1) is 30.9 Å². The molecular weight excluding hydrogens is 485 g/mol. The fraction of sp³-hybridized carbons (Fsp3) is 0.750. The van der Waals surface area contributed by atoms with Gasteiger partial charge < -0.3 is 15.5 Å². The Morgan fingerprint density at radius 2 is 1.59 bits per heavy atom. The van der Waals surface area contributed by atoms with E-state index in [1.54, 1.807) is 0 Å². The van der Waals surface area contributed by atoms with Gasteiger partial charge in [0.1, 0.15) is 9.81 Å². The van der Waals surface area contributed by atoms with Crippen LogP contribution in [0.15, 0.2) is 23.9 Å². The second-order valence-electron chi connectivity index (χ2n) is 6.56. The predicted octanol–water partition coefficient (Wildman–Crippen LogP) is 1.44. The maximum atomic E-state index is 8.47. The summed E-state index contributed by atoms with van der Waals surface area (Å²) >= 11 is 0. The molecule has 13 heteroatoms. The predicted molar refractivity (Wildman–Crippen MR) is 98.6 cm³/mol. The second-order valence-corrected chi connectivity index (χ2v) is 6.56. The van der Waals surface area contributed by atoms with Crippen LogP contribution >= 0.6 is 0 Å². The van der Waals surface area contributed by atoms with Gasteiger partial charge in [-0.25, -0.2) is 20.8 Å². The zero-order valence-corrected chi connectivity index (χ0v) is 20.6. The SMILES string of the molecule is C1=CC[N-]C(CN2CCN(CC3CCCC[N-]3)CC2)=C1.O=[N+](O)O.O=[N+](O)O.[Cd]. The van der Waals surface area contributed by atoms with E-state index in [2.05, 4.69) is 33.3 Å². The van der Waals surface area contributed by atoms with Crippen molar-refractivity contribution in [3.05, 3.63) is 44.4 Å². The molecule has 0 aromatic carbocycles. The Hall–Kier alpha value is -1.52. The normalized spacial score (nSPS) is 21.7. The summed E-state index contributed by atoms with van der Waals surface area (Å²) in [5.41, 5.74) is 1.24. The first-order valence-electron chi connectivity index (χ1n) is 9.21. The smallest absolute Gasteiger partial charge is 0.472 e. The first-order valence-corrected chi connectivity index (χ1v) is 9.21. The number of rotatable bonds is 4. The molecule has 0 radical (unpaired) electrons. The van der Waals surface area contributed by atoms with E-state index in [9.17, 15) is 0 Å². The number of piperazine rings is 1. The summed E-state index contributed by atoms with van der Waals surface area (Å²) in [4.78, 5) is 22.1. The average Bonchev–Trinajstić information content (AvgIpc) is 2.64. The summed E-state index contributed by atoms with van der Waals surface area (Å²) in [7, 11) is 0. The van der Waals surface area contributed by atoms with Crippen molar-refractivity contribution in [3.8, 4) is 0 Å². The average molecular weight is 515 g/mol. The van der Waals surface area contributed by atoms with Gasteiger partial charge in [0, 0.05) is 60.0 Å². The molecule has 3 aliphatic rings. The molecule has 2 saturated heterocycles. The van der Waals surface area contributed by atoms with Crippen LogP contribution in [0.2, 0.25) is 0 Å². The van der Waals surface area contributed by atoms with Crippen molar-refractivity contribution in [1.29, 1.82) is 0 Å². The molecule has 1 unspecified atom stereocenters. The Labute approximate surface area is 190 Å². The van der Waals surface area contributed by atoms with Gasteiger partial charge >= 0.3 is 10.2 Å². The molecule has 29 heavy (non-hydrogen) atoms. The van der Waals surface area contributed by atoms with Crippen molar-refractivity contribution < 1.29 is 58.3 Å². The van der Waals surface area contributed by atoms with Crippen LogP contribution < -0.4 is 0 Å². The van der Waals surface area contributed by atoms with Gasteiger partial charge in [-0.05, 0) is 6.54 Å². The largest absolute Gasteiger partial charge is 0.684 e. The van der Waals surface area contributed by atoms with Crippen LogP contribution in [0.25, 0.3) is 10.6 Å². The molecule has 2 fully saturated rings. The zero-order chi connectivity index (χ0) is 20.8. The van der Waals surface area contributed by atoms with Crippen LogP contribution in [0.1, 0.15) is 19.3 Å². The minimum Gasteiger partial charge on any atom is -0.684 e. The quantitative estimate of drug-likeness (QED) is 0.324. The third-order valence-electron chi connectivity index (χ3n) is 4.48. The van der Waals surface area contributed by atoms with E-state index in [1.165, 1.54) is 57.7 Å². The second kappa shape index (κ2) is 16.3. The summed E-state index contributed by atoms with van der Waals surface area (Å²) < 4.78 is 0. The van der Waals surface area contributed by atoms with Gasteiger partial charge in [0.15, 0.2) is 0 Å². The fourth-order valence-corrected chi connectivity index (χ4v) is 3.23. The van der Waals surface area contributed by atoms with Crippen LogP contribution in [0.4, 0.5) is 0 Å². The van der Waals surface area contributed by atoms with Gasteiger partial charge in [0.2, 0.25) is 0 Å². The molecule has 4 N–H and O–H groups in total. The Bertz CT molecular complexity index is 516. The summed E-state index contributed by atoms with van der Waals surface area (Å²) in [6, 6.07) is 0.608. The van der Waals surface area contributed by atoms with E-state index in [1.807, 2.05) is 0 Å². The Kier molecular flexibility index (Phi) is 15.4. The van der Waals surface area contributed by atoms with E-state index >= 15 is 0 Å². The summed E-state index contributed by atoms with van der Waals surface area (Å²) in [5.74, 6) is 0. The van der Waals surface area contributed by atoms with Gasteiger partial charge in [-0.1, -0.05) is 31.4 Å². The number of allylic oxidation sites excluding steroid dienone is 2. The van der Waals surface area contributed by atoms with Gasteiger partial charge in [0.25, 0.3) is 0 Å². The van der Waals surface area contributed by atoms with E-state index in [0.717, 1.165) is 19.6 Å². The summed E-state index contributed by atoms with van der Waals surface area (Å²) in [5, 5.41) is 34.3. The van der Waals surface area contributed by atoms with Crippen molar-refractivity contribution in [2.24, 2.45) is 0 Å². The van der Waals surface area contributed by atoms with Crippen LogP contribution in [-0.4, -0.2) is 99.2 Å². The van der Waals surface area contributed by atoms with E-state index in [-0.39, 0.29) is 27.3 Å². The van der Waals surface area contributed by atoms with Gasteiger partial charge in [-0.2, -0.15) is 0 Å². The Balaban J connectivity index is 0.000000752. The molecule has 3 rings (SSSR count). The number of piperidine rings is 1. The third kappa shape index (κ3) is 15.0. The molecule has 0 aromatic rings. The van der Waals surface area contributed by atoms with Crippen LogP contribution in [-0.2, 0) is 27.3 Å². The molecule has 162 valence electrons. The molecule has 12 nitrogen and oxygen atoms in total. The van der Waals surface area contributed by atoms with Crippen LogP contribution in [0.3, 0.4) is 0 Å². The van der Waals surface area contributed by atoms with Crippen LogP contribution in [0, 0.1) is 9.81 Å². The van der Waals surface area contributed by atoms with Gasteiger partial charge in [0.05, 0.1) is 0 Å². The summed E-state index contributed by atoms with van der Waals surface area (Å²) in [6.45, 7) is 8.87. The Morgan fingerprint density at radius 1 is 1.00 bits per heavy atom. The van der Waals surface area contributed by atoms with Crippen molar-refractivity contribution in [2.75, 3.05) is 52.4 Å². The van der Waals surface area contributed by atoms with E-state index in [4.69, 9.17) is 36.0 Å². The minimum absolute atomic E-state index is 0. The first-order chi connectivity index (χ1) is 13.4. The molecule has 0 saturated carbocycles. The molecule has 0 spiro atoms. The number of nitrogens with zero attached hydrogens (tertiary/aromatic N) is 6. The monoisotopic (exact) mass is 516 g/mol. The third-order valence-corrected chi connectivity index (χ3v) is 4.48. The molecule has 3 heterocycles. The number of hydrogen-bond donors (Lipinski definition) is 4. The standard InChI is InChI=1S/C16H26N4.Cd.2H2NO3/c1-3-7-17-15(5-1)13-19-9-11-20(12-10-19)14-16-6-2-4-8-18-16;;2*2-1(3)4/h1,3,5,16H,2,4,6-14H2;;2*(H2,2,3,4)/q-2;;2*+1. The Morgan fingerprint density at radius 3 is 2.07 bits per heavy atom. The molecular formula is C16H30CdN6O6. The van der Waals surface area contributed by atoms with Gasteiger partial charge in [-0.3, -0.25) is 4.90 Å². The molecule has 1 atom stereocenters. The van der Waals surface area contributed by atoms with Crippen molar-refractivity contribution >= 4 is 0 Å². The topological polar surface area (TPSA) is 156 Å². The maximum absolute atomic E-state index is 8.47. The minimum atomic E-state index is -1.25. The molecule has 3 aliphatic heterocycles. The zero-order valence-electron chi connectivity index (χ0n) is 16.6. The molecule has 0 aromatic heterocycles. The van der Waals surface area contributed by atoms with Crippen molar-refractivity contribution in [2.45, 2.75) is 25.3 Å². The number of hydrogen-bond acceptors (Lipinski definition) is 4. The first kappa shape index (κ1) is 27.5. The molecule has 0 aliphatic carbocycles. The molecule has 0 amide bonds. The summed E-state index contributed by atoms with van der Waals surface area (Å²) in [6.07, 6.45) is 10.4. The van der Waals surface area contributed by atoms with E-state index < -0.39 is 10.2 Å². The van der Waals surface area contributed by atoms with Crippen molar-refractivity contribution in [1.82, 2.24) is 9.80 Å².